The highest BCUT2D eigenvalue weighted by molar-refractivity contribution is 6.27. The van der Waals surface area contributed by atoms with Crippen molar-refractivity contribution in [2.45, 2.75) is 0 Å². The minimum atomic E-state index is 0.889. The highest BCUT2D eigenvalue weighted by atomic mass is 16.3. The third-order valence-corrected chi connectivity index (χ3v) is 12.4. The number of benzene rings is 10. The molecule has 0 unspecified atom stereocenters. The number of hydrogen-bond acceptors (Lipinski definition) is 2. The van der Waals surface area contributed by atoms with Gasteiger partial charge in [-0.05, 0) is 106 Å². The first-order valence-corrected chi connectivity index (χ1v) is 21.5. The molecule has 0 saturated carbocycles. The average Bonchev–Trinajstić information content (AvgIpc) is 3.92. The van der Waals surface area contributed by atoms with Gasteiger partial charge in [0.2, 0.25) is 0 Å². The molecule has 0 fully saturated rings. The zero-order chi connectivity index (χ0) is 41.7. The number of aromatic nitrogens is 1. The van der Waals surface area contributed by atoms with E-state index in [0.717, 1.165) is 77.6 Å². The molecule has 3 nitrogen and oxygen atoms in total. The summed E-state index contributed by atoms with van der Waals surface area (Å²) in [6, 6.07) is 87.0. The van der Waals surface area contributed by atoms with Gasteiger partial charge in [-0.3, -0.25) is 0 Å². The van der Waals surface area contributed by atoms with E-state index in [1.165, 1.54) is 33.4 Å². The van der Waals surface area contributed by atoms with Gasteiger partial charge in [0.1, 0.15) is 11.2 Å². The van der Waals surface area contributed by atoms with Gasteiger partial charge in [-0.2, -0.15) is 0 Å². The Hall–Kier alpha value is -8.40. The summed E-state index contributed by atoms with van der Waals surface area (Å²) in [7, 11) is 0. The van der Waals surface area contributed by atoms with Crippen LogP contribution in [0.15, 0.2) is 247 Å². The summed E-state index contributed by atoms with van der Waals surface area (Å²) < 4.78 is 9.22. The quantitative estimate of drug-likeness (QED) is 0.153. The van der Waals surface area contributed by atoms with Gasteiger partial charge in [-0.15, -0.1) is 0 Å². The Morgan fingerprint density at radius 1 is 0.333 bits per heavy atom. The maximum Gasteiger partial charge on any atom is 0.145 e. The summed E-state index contributed by atoms with van der Waals surface area (Å²) in [4.78, 5) is 2.34. The highest BCUT2D eigenvalue weighted by Gasteiger charge is 2.23. The van der Waals surface area contributed by atoms with Crippen molar-refractivity contribution in [3.63, 3.8) is 0 Å². The Kier molecular flexibility index (Phi) is 8.83. The minimum Gasteiger partial charge on any atom is -0.455 e. The molecule has 0 saturated heterocycles. The Labute approximate surface area is 366 Å². The molecule has 2 aromatic heterocycles. The fourth-order valence-corrected chi connectivity index (χ4v) is 9.36. The maximum atomic E-state index is 6.79. The predicted molar refractivity (Wildman–Crippen MR) is 264 cm³/mol. The topological polar surface area (TPSA) is 21.3 Å². The van der Waals surface area contributed by atoms with E-state index in [0.29, 0.717) is 0 Å². The molecule has 10 aromatic carbocycles. The minimum absolute atomic E-state index is 0.889. The molecule has 2 heterocycles. The number of anilines is 3. The molecular weight excluding hydrogens is 765 g/mol. The van der Waals surface area contributed by atoms with Crippen LogP contribution in [0.3, 0.4) is 0 Å². The van der Waals surface area contributed by atoms with Crippen LogP contribution in [-0.2, 0) is 0 Å². The smallest absolute Gasteiger partial charge is 0.145 e. The molecule has 0 bridgehead atoms. The van der Waals surface area contributed by atoms with Crippen molar-refractivity contribution in [1.82, 2.24) is 4.57 Å². The molecule has 0 aliphatic carbocycles. The molecule has 12 rings (SSSR count). The SMILES string of the molecule is c1ccc(-c2ccc(-c3cc4c5ccccc5oc4c4c5ccccc5n(-c5ccc(N(c6ccc(-c7ccccc7)cc6)c6ccc(-c7ccccc7)cc6)cc5)c34)cc2)cc1. The van der Waals surface area contributed by atoms with Gasteiger partial charge >= 0.3 is 0 Å². The van der Waals surface area contributed by atoms with Crippen molar-refractivity contribution >= 4 is 60.8 Å². The van der Waals surface area contributed by atoms with Crippen molar-refractivity contribution in [3.8, 4) is 50.2 Å². The van der Waals surface area contributed by atoms with Crippen LogP contribution in [0.4, 0.5) is 17.1 Å². The van der Waals surface area contributed by atoms with Crippen molar-refractivity contribution in [2.75, 3.05) is 4.90 Å². The van der Waals surface area contributed by atoms with E-state index in [-0.39, 0.29) is 0 Å². The fourth-order valence-electron chi connectivity index (χ4n) is 9.36. The van der Waals surface area contributed by atoms with Crippen LogP contribution in [-0.4, -0.2) is 4.57 Å². The number of para-hydroxylation sites is 2. The first kappa shape index (κ1) is 36.5. The maximum absolute atomic E-state index is 6.79. The van der Waals surface area contributed by atoms with E-state index in [1.807, 2.05) is 0 Å². The summed E-state index contributed by atoms with van der Waals surface area (Å²) in [5.41, 5.74) is 17.8. The van der Waals surface area contributed by atoms with Crippen LogP contribution in [0.2, 0.25) is 0 Å². The Morgan fingerprint density at radius 3 is 1.29 bits per heavy atom. The number of rotatable bonds is 8. The van der Waals surface area contributed by atoms with Crippen LogP contribution in [0.5, 0.6) is 0 Å². The van der Waals surface area contributed by atoms with Gasteiger partial charge in [0.05, 0.1) is 16.4 Å². The standard InChI is InChI=1S/C60H40N2O/c1-4-14-41(15-5-1)44-24-26-47(27-25-44)54-40-55-52-20-11-13-23-57(52)63-60(55)58-53-21-10-12-22-56(53)62(59(54)58)51-38-36-50(37-39-51)61(48-32-28-45(29-33-48)42-16-6-2-7-17-42)49-34-30-46(31-35-49)43-18-8-3-9-19-43/h1-40H. The lowest BCUT2D eigenvalue weighted by atomic mass is 9.96. The lowest BCUT2D eigenvalue weighted by Crippen LogP contribution is -2.10. The van der Waals surface area contributed by atoms with Gasteiger partial charge in [0.25, 0.3) is 0 Å². The van der Waals surface area contributed by atoms with E-state index in [4.69, 9.17) is 4.42 Å². The normalized spacial score (nSPS) is 11.5. The van der Waals surface area contributed by atoms with Crippen molar-refractivity contribution < 1.29 is 4.42 Å². The summed E-state index contributed by atoms with van der Waals surface area (Å²) in [5.74, 6) is 0. The van der Waals surface area contributed by atoms with Crippen LogP contribution < -0.4 is 4.90 Å². The molecule has 296 valence electrons. The molecule has 0 amide bonds. The van der Waals surface area contributed by atoms with E-state index >= 15 is 0 Å². The van der Waals surface area contributed by atoms with E-state index < -0.39 is 0 Å². The highest BCUT2D eigenvalue weighted by Crippen LogP contribution is 2.46. The van der Waals surface area contributed by atoms with E-state index in [2.05, 4.69) is 252 Å². The zero-order valence-electron chi connectivity index (χ0n) is 34.4. The Balaban J connectivity index is 1.03. The lowest BCUT2D eigenvalue weighted by molar-refractivity contribution is 0.673. The van der Waals surface area contributed by atoms with Crippen molar-refractivity contribution in [3.05, 3.63) is 243 Å². The second-order valence-electron chi connectivity index (χ2n) is 16.1. The fraction of sp³-hybridized carbons (Fsp3) is 0. The van der Waals surface area contributed by atoms with Gasteiger partial charge in [0, 0.05) is 44.5 Å². The summed E-state index contributed by atoms with van der Waals surface area (Å²) in [5, 5.41) is 4.50. The molecule has 3 heteroatoms. The molecule has 0 aliphatic rings. The summed E-state index contributed by atoms with van der Waals surface area (Å²) in [6.45, 7) is 0. The first-order chi connectivity index (χ1) is 31.2. The van der Waals surface area contributed by atoms with Crippen molar-refractivity contribution in [1.29, 1.82) is 0 Å². The van der Waals surface area contributed by atoms with Gasteiger partial charge < -0.3 is 13.9 Å². The largest absolute Gasteiger partial charge is 0.455 e. The monoisotopic (exact) mass is 804 g/mol. The second-order valence-corrected chi connectivity index (χ2v) is 16.1. The average molecular weight is 805 g/mol. The molecule has 0 N–H and O–H groups in total. The number of hydrogen-bond donors (Lipinski definition) is 0. The third kappa shape index (κ3) is 6.38. The number of fused-ring (bicyclic) bond motifs is 7. The van der Waals surface area contributed by atoms with Crippen LogP contribution in [0.25, 0.3) is 93.9 Å². The molecule has 12 aromatic rings. The molecule has 0 aliphatic heterocycles. The van der Waals surface area contributed by atoms with Gasteiger partial charge in [0.15, 0.2) is 0 Å². The Bertz CT molecular complexity index is 3470. The molecule has 0 radical (unpaired) electrons. The lowest BCUT2D eigenvalue weighted by Gasteiger charge is -2.26. The molecule has 0 atom stereocenters. The van der Waals surface area contributed by atoms with Gasteiger partial charge in [-0.1, -0.05) is 176 Å². The number of furan rings is 1. The summed E-state index contributed by atoms with van der Waals surface area (Å²) in [6.07, 6.45) is 0. The first-order valence-electron chi connectivity index (χ1n) is 21.5. The van der Waals surface area contributed by atoms with E-state index in [1.54, 1.807) is 0 Å². The Morgan fingerprint density at radius 2 is 0.746 bits per heavy atom. The van der Waals surface area contributed by atoms with Crippen LogP contribution in [0.1, 0.15) is 0 Å². The third-order valence-electron chi connectivity index (χ3n) is 12.4. The van der Waals surface area contributed by atoms with Gasteiger partial charge in [-0.25, -0.2) is 0 Å². The van der Waals surface area contributed by atoms with Crippen LogP contribution in [0, 0.1) is 0 Å². The van der Waals surface area contributed by atoms with Crippen molar-refractivity contribution in [2.24, 2.45) is 0 Å². The van der Waals surface area contributed by atoms with E-state index in [9.17, 15) is 0 Å². The second kappa shape index (κ2) is 15.3. The zero-order valence-corrected chi connectivity index (χ0v) is 34.4. The van der Waals surface area contributed by atoms with Crippen LogP contribution >= 0.6 is 0 Å². The molecule has 63 heavy (non-hydrogen) atoms. The molecule has 0 spiro atoms. The number of nitrogens with zero attached hydrogens (tertiary/aromatic N) is 2. The molecular formula is C60H40N2O. The summed E-state index contributed by atoms with van der Waals surface area (Å²) >= 11 is 0. The predicted octanol–water partition coefficient (Wildman–Crippen LogP) is 16.8.